The van der Waals surface area contributed by atoms with Crippen LogP contribution in [0.3, 0.4) is 0 Å². The van der Waals surface area contributed by atoms with Crippen LogP contribution < -0.4 is 0 Å². The molecule has 0 aliphatic rings. The third-order valence-corrected chi connectivity index (χ3v) is 2.15. The molecule has 0 N–H and O–H groups in total. The summed E-state index contributed by atoms with van der Waals surface area (Å²) < 4.78 is 5.55. The van der Waals surface area contributed by atoms with Gasteiger partial charge >= 0.3 is 0 Å². The van der Waals surface area contributed by atoms with Gasteiger partial charge in [-0.05, 0) is 19.3 Å². The quantitative estimate of drug-likeness (QED) is 0.568. The highest BCUT2D eigenvalue weighted by molar-refractivity contribution is 6.18. The van der Waals surface area contributed by atoms with Gasteiger partial charge in [0.05, 0.1) is 12.7 Å². The van der Waals surface area contributed by atoms with Gasteiger partial charge < -0.3 is 4.74 Å². The van der Waals surface area contributed by atoms with E-state index in [1.807, 2.05) is 0 Å². The number of hydrogen-bond acceptors (Lipinski definition) is 1. The second-order valence-corrected chi connectivity index (χ2v) is 3.50. The van der Waals surface area contributed by atoms with Crippen molar-refractivity contribution in [2.45, 2.75) is 39.7 Å². The summed E-state index contributed by atoms with van der Waals surface area (Å²) in [5.74, 6) is 1.18. The van der Waals surface area contributed by atoms with Gasteiger partial charge in [-0.25, -0.2) is 0 Å². The molecule has 0 radical (unpaired) electrons. The van der Waals surface area contributed by atoms with Gasteiger partial charge in [0.1, 0.15) is 0 Å². The minimum Gasteiger partial charge on any atom is -0.378 e. The zero-order valence-corrected chi connectivity index (χ0v) is 8.53. The maximum atomic E-state index is 5.63. The Morgan fingerprint density at radius 1 is 1.36 bits per heavy atom. The highest BCUT2D eigenvalue weighted by Gasteiger charge is 2.03. The van der Waals surface area contributed by atoms with Gasteiger partial charge in [0.15, 0.2) is 0 Å². The summed E-state index contributed by atoms with van der Waals surface area (Å²) >= 11 is 5.63. The molecular weight excluding hydrogens is 160 g/mol. The van der Waals surface area contributed by atoms with E-state index in [-0.39, 0.29) is 0 Å². The SMILES string of the molecule is CCCC(C)OCC(C)CCl. The summed E-state index contributed by atoms with van der Waals surface area (Å²) in [4.78, 5) is 0. The Morgan fingerprint density at radius 3 is 2.45 bits per heavy atom. The summed E-state index contributed by atoms with van der Waals surface area (Å²) in [5.41, 5.74) is 0. The molecule has 0 fully saturated rings. The highest BCUT2D eigenvalue weighted by Crippen LogP contribution is 2.05. The van der Waals surface area contributed by atoms with E-state index in [1.165, 1.54) is 6.42 Å². The van der Waals surface area contributed by atoms with Gasteiger partial charge in [-0.15, -0.1) is 11.6 Å². The first-order chi connectivity index (χ1) is 5.20. The maximum absolute atomic E-state index is 5.63. The highest BCUT2D eigenvalue weighted by atomic mass is 35.5. The van der Waals surface area contributed by atoms with Crippen molar-refractivity contribution in [3.63, 3.8) is 0 Å². The molecule has 0 aliphatic carbocycles. The number of hydrogen-bond donors (Lipinski definition) is 0. The second kappa shape index (κ2) is 6.93. The Bertz CT molecular complexity index is 85.6. The standard InChI is InChI=1S/C9H19ClO/c1-4-5-9(3)11-7-8(2)6-10/h8-9H,4-7H2,1-3H3. The molecule has 0 amide bonds. The molecule has 0 bridgehead atoms. The van der Waals surface area contributed by atoms with Gasteiger partial charge in [0.2, 0.25) is 0 Å². The molecule has 68 valence electrons. The lowest BCUT2D eigenvalue weighted by Crippen LogP contribution is -2.14. The van der Waals surface area contributed by atoms with Crippen LogP contribution in [0.2, 0.25) is 0 Å². The lowest BCUT2D eigenvalue weighted by atomic mass is 10.2. The van der Waals surface area contributed by atoms with Crippen LogP contribution in [0.5, 0.6) is 0 Å². The molecule has 0 aromatic carbocycles. The normalized spacial score (nSPS) is 16.4. The Hall–Kier alpha value is 0.250. The molecule has 0 aliphatic heterocycles. The molecule has 2 unspecified atom stereocenters. The fraction of sp³-hybridized carbons (Fsp3) is 1.00. The molecular formula is C9H19ClO. The van der Waals surface area contributed by atoms with E-state index in [0.29, 0.717) is 17.9 Å². The molecule has 0 spiro atoms. The first-order valence-corrected chi connectivity index (χ1v) is 4.91. The summed E-state index contributed by atoms with van der Waals surface area (Å²) in [5, 5.41) is 0. The van der Waals surface area contributed by atoms with E-state index in [4.69, 9.17) is 16.3 Å². The number of ether oxygens (including phenoxy) is 1. The van der Waals surface area contributed by atoms with Crippen molar-refractivity contribution >= 4 is 11.6 Å². The average molecular weight is 179 g/mol. The Kier molecular flexibility index (Phi) is 7.09. The molecule has 0 aromatic heterocycles. The summed E-state index contributed by atoms with van der Waals surface area (Å²) in [6, 6.07) is 0. The molecule has 0 saturated carbocycles. The lowest BCUT2D eigenvalue weighted by Gasteiger charge is -2.14. The van der Waals surface area contributed by atoms with Crippen molar-refractivity contribution in [3.05, 3.63) is 0 Å². The molecule has 2 heteroatoms. The van der Waals surface area contributed by atoms with Crippen molar-refractivity contribution in [1.82, 2.24) is 0 Å². The fourth-order valence-electron chi connectivity index (χ4n) is 0.863. The van der Waals surface area contributed by atoms with E-state index >= 15 is 0 Å². The molecule has 2 atom stereocenters. The molecule has 0 heterocycles. The van der Waals surface area contributed by atoms with Crippen LogP contribution in [0.25, 0.3) is 0 Å². The first kappa shape index (κ1) is 11.2. The second-order valence-electron chi connectivity index (χ2n) is 3.19. The number of alkyl halides is 1. The van der Waals surface area contributed by atoms with E-state index in [0.717, 1.165) is 13.0 Å². The Labute approximate surface area is 75.1 Å². The number of rotatable bonds is 6. The lowest BCUT2D eigenvalue weighted by molar-refractivity contribution is 0.0427. The van der Waals surface area contributed by atoms with Crippen molar-refractivity contribution in [1.29, 1.82) is 0 Å². The van der Waals surface area contributed by atoms with Crippen LogP contribution >= 0.6 is 11.6 Å². The van der Waals surface area contributed by atoms with Crippen molar-refractivity contribution < 1.29 is 4.74 Å². The third kappa shape index (κ3) is 6.64. The molecule has 1 nitrogen and oxygen atoms in total. The van der Waals surface area contributed by atoms with E-state index in [2.05, 4.69) is 20.8 Å². The molecule has 0 aromatic rings. The van der Waals surface area contributed by atoms with Crippen LogP contribution in [-0.4, -0.2) is 18.6 Å². The summed E-state index contributed by atoms with van der Waals surface area (Å²) in [6.45, 7) is 7.19. The molecule has 0 rings (SSSR count). The topological polar surface area (TPSA) is 9.23 Å². The molecule has 0 saturated heterocycles. The smallest absolute Gasteiger partial charge is 0.0547 e. The minimum absolute atomic E-state index is 0.394. The van der Waals surface area contributed by atoms with Crippen molar-refractivity contribution in [3.8, 4) is 0 Å². The fourth-order valence-corrected chi connectivity index (χ4v) is 0.952. The largest absolute Gasteiger partial charge is 0.378 e. The average Bonchev–Trinajstić information content (AvgIpc) is 2.01. The van der Waals surface area contributed by atoms with Crippen molar-refractivity contribution in [2.75, 3.05) is 12.5 Å². The number of halogens is 1. The van der Waals surface area contributed by atoms with Gasteiger partial charge in [-0.1, -0.05) is 20.3 Å². The van der Waals surface area contributed by atoms with E-state index < -0.39 is 0 Å². The molecule has 11 heavy (non-hydrogen) atoms. The van der Waals surface area contributed by atoms with E-state index in [9.17, 15) is 0 Å². The van der Waals surface area contributed by atoms with Gasteiger partial charge in [-0.3, -0.25) is 0 Å². The first-order valence-electron chi connectivity index (χ1n) is 4.38. The van der Waals surface area contributed by atoms with Gasteiger partial charge in [0.25, 0.3) is 0 Å². The van der Waals surface area contributed by atoms with Crippen molar-refractivity contribution in [2.24, 2.45) is 5.92 Å². The predicted octanol–water partition coefficient (Wildman–Crippen LogP) is 3.07. The van der Waals surface area contributed by atoms with Crippen LogP contribution in [0.15, 0.2) is 0 Å². The zero-order valence-electron chi connectivity index (χ0n) is 7.77. The Balaban J connectivity index is 3.22. The summed E-state index contributed by atoms with van der Waals surface area (Å²) in [7, 11) is 0. The van der Waals surface area contributed by atoms with Gasteiger partial charge in [0, 0.05) is 5.88 Å². The van der Waals surface area contributed by atoms with Crippen LogP contribution in [0.4, 0.5) is 0 Å². The van der Waals surface area contributed by atoms with Crippen LogP contribution in [0, 0.1) is 5.92 Å². The Morgan fingerprint density at radius 2 is 2.00 bits per heavy atom. The van der Waals surface area contributed by atoms with Crippen LogP contribution in [0.1, 0.15) is 33.6 Å². The predicted molar refractivity (Wildman–Crippen MR) is 50.2 cm³/mol. The third-order valence-electron chi connectivity index (χ3n) is 1.62. The van der Waals surface area contributed by atoms with Crippen LogP contribution in [-0.2, 0) is 4.74 Å². The van der Waals surface area contributed by atoms with E-state index in [1.54, 1.807) is 0 Å². The monoisotopic (exact) mass is 178 g/mol. The minimum atomic E-state index is 0.394. The summed E-state index contributed by atoms with van der Waals surface area (Å²) in [6.07, 6.45) is 2.73. The van der Waals surface area contributed by atoms with Gasteiger partial charge in [-0.2, -0.15) is 0 Å². The maximum Gasteiger partial charge on any atom is 0.0547 e. The zero-order chi connectivity index (χ0) is 8.69.